The van der Waals surface area contributed by atoms with Crippen molar-refractivity contribution in [1.29, 1.82) is 0 Å². The first kappa shape index (κ1) is 17.3. The molecule has 1 aliphatic rings. The van der Waals surface area contributed by atoms with Gasteiger partial charge in [-0.25, -0.2) is 14.6 Å². The molecular weight excluding hydrogens is 320 g/mol. The Morgan fingerprint density at radius 1 is 1.28 bits per heavy atom. The third kappa shape index (κ3) is 4.12. The number of likely N-dealkylation sites (tertiary alicyclic amines) is 1. The Balaban J connectivity index is 1.57. The highest BCUT2D eigenvalue weighted by Gasteiger charge is 2.25. The summed E-state index contributed by atoms with van der Waals surface area (Å²) < 4.78 is 6.87. The predicted molar refractivity (Wildman–Crippen MR) is 91.3 cm³/mol. The van der Waals surface area contributed by atoms with Crippen LogP contribution >= 0.6 is 0 Å². The van der Waals surface area contributed by atoms with Crippen LogP contribution in [-0.2, 0) is 6.42 Å². The van der Waals surface area contributed by atoms with Gasteiger partial charge < -0.3 is 9.64 Å². The van der Waals surface area contributed by atoms with Crippen molar-refractivity contribution in [2.45, 2.75) is 39.2 Å². The monoisotopic (exact) mass is 344 g/mol. The quantitative estimate of drug-likeness (QED) is 0.821. The molecule has 1 aliphatic heterocycles. The molecule has 3 heterocycles. The lowest BCUT2D eigenvalue weighted by Gasteiger charge is -2.31. The van der Waals surface area contributed by atoms with Crippen molar-refractivity contribution in [3.63, 3.8) is 0 Å². The van der Waals surface area contributed by atoms with Crippen molar-refractivity contribution in [3.05, 3.63) is 29.8 Å². The number of ether oxygens (including phenoxy) is 1. The third-order valence-electron chi connectivity index (χ3n) is 4.36. The summed E-state index contributed by atoms with van der Waals surface area (Å²) in [6.45, 7) is 5.72. The molecule has 0 spiro atoms. The van der Waals surface area contributed by atoms with E-state index in [4.69, 9.17) is 4.74 Å². The summed E-state index contributed by atoms with van der Waals surface area (Å²) in [5.41, 5.74) is 1.52. The average Bonchev–Trinajstić information content (AvgIpc) is 3.09. The van der Waals surface area contributed by atoms with E-state index >= 15 is 0 Å². The van der Waals surface area contributed by atoms with Gasteiger partial charge in [0.25, 0.3) is 5.91 Å². The highest BCUT2D eigenvalue weighted by Crippen LogP contribution is 2.23. The van der Waals surface area contributed by atoms with Crippen LogP contribution in [0.3, 0.4) is 0 Å². The number of hydrogen-bond acceptors (Lipinski definition) is 6. The van der Waals surface area contributed by atoms with Crippen molar-refractivity contribution in [3.8, 4) is 6.01 Å². The van der Waals surface area contributed by atoms with Crippen LogP contribution in [0.2, 0.25) is 0 Å². The molecule has 0 unspecified atom stereocenters. The molecule has 1 amide bonds. The van der Waals surface area contributed by atoms with E-state index in [-0.39, 0.29) is 11.9 Å². The van der Waals surface area contributed by atoms with Gasteiger partial charge in [-0.3, -0.25) is 4.79 Å². The van der Waals surface area contributed by atoms with Gasteiger partial charge in [0.1, 0.15) is 0 Å². The van der Waals surface area contributed by atoms with E-state index < -0.39 is 0 Å². The van der Waals surface area contributed by atoms with E-state index in [1.165, 1.54) is 19.5 Å². The van der Waals surface area contributed by atoms with E-state index in [2.05, 4.69) is 34.1 Å². The third-order valence-corrected chi connectivity index (χ3v) is 4.36. The molecule has 0 N–H and O–H groups in total. The van der Waals surface area contributed by atoms with Gasteiger partial charge in [0.05, 0.1) is 24.4 Å². The van der Waals surface area contributed by atoms with E-state index in [0.29, 0.717) is 30.6 Å². The maximum absolute atomic E-state index is 12.5. The molecule has 8 nitrogen and oxygen atoms in total. The molecule has 1 saturated heterocycles. The second-order valence-electron chi connectivity index (χ2n) is 6.77. The number of rotatable bonds is 5. The molecule has 2 aromatic heterocycles. The van der Waals surface area contributed by atoms with Gasteiger partial charge >= 0.3 is 6.01 Å². The van der Waals surface area contributed by atoms with Gasteiger partial charge in [0.2, 0.25) is 0 Å². The van der Waals surface area contributed by atoms with Gasteiger partial charge in [-0.15, -0.1) is 5.10 Å². The minimum Gasteiger partial charge on any atom is -0.467 e. The van der Waals surface area contributed by atoms with Crippen LogP contribution in [0.25, 0.3) is 0 Å². The Bertz CT molecular complexity index is 704. The lowest BCUT2D eigenvalue weighted by molar-refractivity contribution is 0.0688. The maximum Gasteiger partial charge on any atom is 0.316 e. The Kier molecular flexibility index (Phi) is 5.25. The molecule has 0 aliphatic carbocycles. The normalized spacial score (nSPS) is 15.6. The van der Waals surface area contributed by atoms with Crippen molar-refractivity contribution in [2.75, 3.05) is 20.2 Å². The number of carbonyl (C=O) groups excluding carboxylic acids is 1. The van der Waals surface area contributed by atoms with E-state index in [9.17, 15) is 4.79 Å². The van der Waals surface area contributed by atoms with Crippen LogP contribution in [0.5, 0.6) is 6.01 Å². The molecule has 1 fully saturated rings. The molecule has 134 valence electrons. The fourth-order valence-electron chi connectivity index (χ4n) is 3.05. The second kappa shape index (κ2) is 7.58. The summed E-state index contributed by atoms with van der Waals surface area (Å²) in [6.07, 6.45) is 7.74. The minimum atomic E-state index is -0.0415. The van der Waals surface area contributed by atoms with Gasteiger partial charge in [-0.2, -0.15) is 0 Å². The Morgan fingerprint density at radius 3 is 2.56 bits per heavy atom. The van der Waals surface area contributed by atoms with Gasteiger partial charge in [0, 0.05) is 31.7 Å². The Morgan fingerprint density at radius 2 is 1.96 bits per heavy atom. The number of nitrogens with zero attached hydrogens (tertiary/aromatic N) is 6. The number of hydrogen-bond donors (Lipinski definition) is 0. The summed E-state index contributed by atoms with van der Waals surface area (Å²) in [5.74, 6) is 0.525. The Hall–Kier alpha value is -2.51. The number of aromatic nitrogens is 5. The van der Waals surface area contributed by atoms with E-state index in [0.717, 1.165) is 25.0 Å². The first-order chi connectivity index (χ1) is 12.1. The molecule has 0 saturated carbocycles. The smallest absolute Gasteiger partial charge is 0.316 e. The molecule has 0 atom stereocenters. The number of methoxy groups -OCH3 is 1. The van der Waals surface area contributed by atoms with Gasteiger partial charge in [-0.05, 0) is 25.2 Å². The van der Waals surface area contributed by atoms with Crippen molar-refractivity contribution >= 4 is 5.91 Å². The molecular formula is C17H24N6O2. The second-order valence-corrected chi connectivity index (χ2v) is 6.77. The number of piperidine rings is 1. The first-order valence-electron chi connectivity index (χ1n) is 8.63. The summed E-state index contributed by atoms with van der Waals surface area (Å²) in [6, 6.07) is 0.559. The van der Waals surface area contributed by atoms with Gasteiger partial charge in [0.15, 0.2) is 0 Å². The lowest BCUT2D eigenvalue weighted by atomic mass is 10.0. The highest BCUT2D eigenvalue weighted by atomic mass is 16.5. The fourth-order valence-corrected chi connectivity index (χ4v) is 3.05. The summed E-state index contributed by atoms with van der Waals surface area (Å²) in [7, 11) is 1.50. The van der Waals surface area contributed by atoms with Crippen LogP contribution in [0.1, 0.15) is 48.8 Å². The molecule has 3 rings (SSSR count). The van der Waals surface area contributed by atoms with E-state index in [1.54, 1.807) is 0 Å². The summed E-state index contributed by atoms with van der Waals surface area (Å²) >= 11 is 0. The minimum absolute atomic E-state index is 0.0415. The number of carbonyl (C=O) groups is 1. The number of amides is 1. The molecule has 0 bridgehead atoms. The van der Waals surface area contributed by atoms with Crippen molar-refractivity contribution in [2.24, 2.45) is 5.92 Å². The summed E-state index contributed by atoms with van der Waals surface area (Å²) in [4.78, 5) is 22.4. The highest BCUT2D eigenvalue weighted by molar-refractivity contribution is 5.93. The van der Waals surface area contributed by atoms with E-state index in [1.807, 2.05) is 15.8 Å². The zero-order valence-corrected chi connectivity index (χ0v) is 14.9. The van der Waals surface area contributed by atoms with Crippen LogP contribution in [-0.4, -0.2) is 56.0 Å². The standard InChI is InChI=1S/C17H24N6O2/c1-12(2)8-14-11-23(21-20-14)15-4-6-22(7-5-15)16(24)13-9-18-17(25-3)19-10-13/h9-12,15H,4-8H2,1-3H3. The summed E-state index contributed by atoms with van der Waals surface area (Å²) in [5, 5.41) is 8.52. The van der Waals surface area contributed by atoms with Crippen molar-refractivity contribution in [1.82, 2.24) is 29.9 Å². The predicted octanol–water partition coefficient (Wildman–Crippen LogP) is 1.75. The maximum atomic E-state index is 12.5. The molecule has 8 heteroatoms. The molecule has 2 aromatic rings. The van der Waals surface area contributed by atoms with Crippen LogP contribution in [0.15, 0.2) is 18.6 Å². The first-order valence-corrected chi connectivity index (χ1v) is 8.63. The Labute approximate surface area is 147 Å². The van der Waals surface area contributed by atoms with Crippen LogP contribution in [0, 0.1) is 5.92 Å². The zero-order valence-electron chi connectivity index (χ0n) is 14.9. The van der Waals surface area contributed by atoms with Crippen LogP contribution < -0.4 is 4.74 Å². The molecule has 0 radical (unpaired) electrons. The molecule has 25 heavy (non-hydrogen) atoms. The topological polar surface area (TPSA) is 86.0 Å². The fraction of sp³-hybridized carbons (Fsp3) is 0.588. The zero-order chi connectivity index (χ0) is 17.8. The largest absolute Gasteiger partial charge is 0.467 e. The van der Waals surface area contributed by atoms with Gasteiger partial charge in [-0.1, -0.05) is 19.1 Å². The van der Waals surface area contributed by atoms with Crippen LogP contribution in [0.4, 0.5) is 0 Å². The van der Waals surface area contributed by atoms with Crippen molar-refractivity contribution < 1.29 is 9.53 Å². The average molecular weight is 344 g/mol. The molecule has 0 aromatic carbocycles. The SMILES string of the molecule is COc1ncc(C(=O)N2CCC(n3cc(CC(C)C)nn3)CC2)cn1. The lowest BCUT2D eigenvalue weighted by Crippen LogP contribution is -2.39.